The maximum atomic E-state index is 12.1. The molecule has 0 radical (unpaired) electrons. The molecule has 0 aromatic heterocycles. The quantitative estimate of drug-likeness (QED) is 0.0517. The predicted molar refractivity (Wildman–Crippen MR) is 222 cm³/mol. The molecule has 0 aliphatic rings. The van der Waals surface area contributed by atoms with E-state index < -0.39 is 17.9 Å². The van der Waals surface area contributed by atoms with Crippen molar-refractivity contribution >= 4 is 23.9 Å². The molecular weight excluding hydrogens is 680 g/mol. The highest BCUT2D eigenvalue weighted by atomic mass is 16.5. The number of carboxylic acid groups (broad SMARTS) is 2. The van der Waals surface area contributed by atoms with E-state index in [4.69, 9.17) is 14.6 Å². The summed E-state index contributed by atoms with van der Waals surface area (Å²) in [6.07, 6.45) is 36.9. The lowest BCUT2D eigenvalue weighted by atomic mass is 10.0. The number of esters is 2. The standard InChI is InChI=1S/C24H48O2.C22H32O6/c1-4-7-9-10-11-12-13-14-15-16-17-18-20-22-24(25)26-23(6-3)21-19-8-5-2;1-2-3-4-5-6-7-8-9-10-11-12-15-28-22(27)18-14-13-17(20(23)24)16-19(18)21(25)26/h23H,4-22H2,1-3H3;13-14,16H,2-12,15H2,1H3,(H,23,24)(H,25,26). The minimum absolute atomic E-state index is 0.0245. The van der Waals surface area contributed by atoms with Crippen LogP contribution >= 0.6 is 0 Å². The first-order chi connectivity index (χ1) is 26.2. The van der Waals surface area contributed by atoms with Crippen LogP contribution in [0.1, 0.15) is 251 Å². The zero-order valence-corrected chi connectivity index (χ0v) is 35.1. The van der Waals surface area contributed by atoms with Crippen LogP contribution in [0.5, 0.6) is 0 Å². The van der Waals surface area contributed by atoms with Crippen molar-refractivity contribution in [2.45, 2.75) is 226 Å². The number of aromatic carboxylic acids is 2. The molecule has 2 N–H and O–H groups in total. The second kappa shape index (κ2) is 37.0. The number of unbranched alkanes of at least 4 members (excludes halogenated alkanes) is 24. The first-order valence-electron chi connectivity index (χ1n) is 22.2. The van der Waals surface area contributed by atoms with Crippen LogP contribution in [0.3, 0.4) is 0 Å². The molecule has 0 fully saturated rings. The molecule has 54 heavy (non-hydrogen) atoms. The zero-order chi connectivity index (χ0) is 40.1. The average Bonchev–Trinajstić information content (AvgIpc) is 3.16. The van der Waals surface area contributed by atoms with Gasteiger partial charge in [0.1, 0.15) is 6.10 Å². The van der Waals surface area contributed by atoms with Crippen molar-refractivity contribution in [2.75, 3.05) is 6.61 Å². The summed E-state index contributed by atoms with van der Waals surface area (Å²) >= 11 is 0. The number of carbonyl (C=O) groups is 4. The topological polar surface area (TPSA) is 127 Å². The monoisotopic (exact) mass is 761 g/mol. The first-order valence-corrected chi connectivity index (χ1v) is 22.2. The van der Waals surface area contributed by atoms with Crippen LogP contribution in [0.4, 0.5) is 0 Å². The van der Waals surface area contributed by atoms with Crippen LogP contribution in [0.2, 0.25) is 0 Å². The Morgan fingerprint density at radius 2 is 0.944 bits per heavy atom. The average molecular weight is 761 g/mol. The smallest absolute Gasteiger partial charge is 0.339 e. The van der Waals surface area contributed by atoms with Crippen molar-refractivity contribution < 1.29 is 38.9 Å². The Labute approximate surface area is 329 Å². The Hall–Kier alpha value is -2.90. The molecule has 1 rings (SSSR count). The van der Waals surface area contributed by atoms with Gasteiger partial charge in [-0.05, 0) is 50.3 Å². The second-order valence-corrected chi connectivity index (χ2v) is 15.1. The summed E-state index contributed by atoms with van der Waals surface area (Å²) in [4.78, 5) is 46.2. The number of benzene rings is 1. The molecule has 0 spiro atoms. The van der Waals surface area contributed by atoms with Crippen molar-refractivity contribution in [2.24, 2.45) is 0 Å². The summed E-state index contributed by atoms with van der Waals surface area (Å²) in [7, 11) is 0. The molecule has 0 amide bonds. The number of ether oxygens (including phenoxy) is 2. The van der Waals surface area contributed by atoms with Crippen LogP contribution in [0, 0.1) is 0 Å². The van der Waals surface area contributed by atoms with Gasteiger partial charge in [0.25, 0.3) is 0 Å². The summed E-state index contributed by atoms with van der Waals surface area (Å²) in [6.45, 7) is 9.06. The van der Waals surface area contributed by atoms with Crippen molar-refractivity contribution in [3.8, 4) is 0 Å². The predicted octanol–water partition coefficient (Wildman–Crippen LogP) is 13.9. The molecule has 8 heteroatoms. The first kappa shape index (κ1) is 51.1. The summed E-state index contributed by atoms with van der Waals surface area (Å²) in [6, 6.07) is 3.37. The molecule has 1 aromatic carbocycles. The normalized spacial score (nSPS) is 11.4. The van der Waals surface area contributed by atoms with Crippen molar-refractivity contribution in [1.29, 1.82) is 0 Å². The number of rotatable bonds is 35. The lowest BCUT2D eigenvalue weighted by Crippen LogP contribution is -2.17. The number of carboxylic acids is 2. The van der Waals surface area contributed by atoms with Gasteiger partial charge in [0.05, 0.1) is 23.3 Å². The van der Waals surface area contributed by atoms with Crippen molar-refractivity contribution in [3.05, 3.63) is 34.9 Å². The third-order valence-electron chi connectivity index (χ3n) is 10.1. The highest BCUT2D eigenvalue weighted by molar-refractivity contribution is 6.04. The summed E-state index contributed by atoms with van der Waals surface area (Å²) in [5.41, 5.74) is -0.663. The minimum Gasteiger partial charge on any atom is -0.478 e. The van der Waals surface area contributed by atoms with Gasteiger partial charge in [-0.1, -0.05) is 182 Å². The van der Waals surface area contributed by atoms with Crippen LogP contribution in [0.15, 0.2) is 18.2 Å². The van der Waals surface area contributed by atoms with E-state index >= 15 is 0 Å². The van der Waals surface area contributed by atoms with Crippen LogP contribution in [-0.4, -0.2) is 46.8 Å². The summed E-state index contributed by atoms with van der Waals surface area (Å²) < 4.78 is 10.8. The lowest BCUT2D eigenvalue weighted by Gasteiger charge is -2.16. The van der Waals surface area contributed by atoms with Gasteiger partial charge < -0.3 is 19.7 Å². The van der Waals surface area contributed by atoms with E-state index in [-0.39, 0.29) is 35.4 Å². The third-order valence-corrected chi connectivity index (χ3v) is 10.1. The molecule has 8 nitrogen and oxygen atoms in total. The Balaban J connectivity index is 0.00000104. The maximum Gasteiger partial charge on any atom is 0.339 e. The van der Waals surface area contributed by atoms with Gasteiger partial charge in [-0.25, -0.2) is 14.4 Å². The number of hydrogen-bond acceptors (Lipinski definition) is 6. The molecular formula is C46H80O8. The molecule has 312 valence electrons. The van der Waals surface area contributed by atoms with Gasteiger partial charge in [0.2, 0.25) is 0 Å². The van der Waals surface area contributed by atoms with Crippen LogP contribution < -0.4 is 0 Å². The molecule has 1 unspecified atom stereocenters. The molecule has 0 saturated carbocycles. The Bertz CT molecular complexity index is 1080. The SMILES string of the molecule is CCCCCCCCCCCCCCCC(=O)OC(CC)CCCCC.CCCCCCCCCCCCCOC(=O)c1ccc(C(=O)O)cc1C(=O)O. The molecule has 0 aliphatic heterocycles. The molecule has 0 saturated heterocycles. The van der Waals surface area contributed by atoms with Gasteiger partial charge in [-0.3, -0.25) is 4.79 Å². The van der Waals surface area contributed by atoms with E-state index in [9.17, 15) is 24.3 Å². The highest BCUT2D eigenvalue weighted by Gasteiger charge is 2.20. The fraction of sp³-hybridized carbons (Fsp3) is 0.783. The van der Waals surface area contributed by atoms with E-state index in [1.807, 2.05) is 0 Å². The van der Waals surface area contributed by atoms with Crippen molar-refractivity contribution in [3.63, 3.8) is 0 Å². The zero-order valence-electron chi connectivity index (χ0n) is 35.1. The molecule has 1 atom stereocenters. The van der Waals surface area contributed by atoms with E-state index in [1.54, 1.807) is 0 Å². The van der Waals surface area contributed by atoms with E-state index in [1.165, 1.54) is 160 Å². The lowest BCUT2D eigenvalue weighted by molar-refractivity contribution is -0.149. The van der Waals surface area contributed by atoms with Gasteiger partial charge in [0, 0.05) is 6.42 Å². The van der Waals surface area contributed by atoms with E-state index in [0.717, 1.165) is 44.6 Å². The van der Waals surface area contributed by atoms with Gasteiger partial charge in [-0.15, -0.1) is 0 Å². The van der Waals surface area contributed by atoms with Gasteiger partial charge in [0.15, 0.2) is 0 Å². The Morgan fingerprint density at radius 3 is 1.37 bits per heavy atom. The highest BCUT2D eigenvalue weighted by Crippen LogP contribution is 2.17. The maximum absolute atomic E-state index is 12.1. The fourth-order valence-corrected chi connectivity index (χ4v) is 6.54. The second-order valence-electron chi connectivity index (χ2n) is 15.1. The molecule has 0 heterocycles. The third kappa shape index (κ3) is 29.5. The molecule has 0 aliphatic carbocycles. The van der Waals surface area contributed by atoms with E-state index in [2.05, 4.69) is 27.7 Å². The van der Waals surface area contributed by atoms with Gasteiger partial charge >= 0.3 is 23.9 Å². The molecule has 1 aromatic rings. The van der Waals surface area contributed by atoms with E-state index in [0.29, 0.717) is 6.42 Å². The number of carbonyl (C=O) groups excluding carboxylic acids is 2. The Morgan fingerprint density at radius 1 is 0.519 bits per heavy atom. The van der Waals surface area contributed by atoms with Crippen molar-refractivity contribution in [1.82, 2.24) is 0 Å². The largest absolute Gasteiger partial charge is 0.478 e. The molecule has 0 bridgehead atoms. The number of hydrogen-bond donors (Lipinski definition) is 2. The van der Waals surface area contributed by atoms with Crippen LogP contribution in [0.25, 0.3) is 0 Å². The fourth-order valence-electron chi connectivity index (χ4n) is 6.54. The van der Waals surface area contributed by atoms with Gasteiger partial charge in [-0.2, -0.15) is 0 Å². The minimum atomic E-state index is -1.36. The van der Waals surface area contributed by atoms with Crippen LogP contribution in [-0.2, 0) is 14.3 Å². The Kier molecular flexibility index (Phi) is 35.1. The summed E-state index contributed by atoms with van der Waals surface area (Å²) in [5, 5.41) is 18.1. The summed E-state index contributed by atoms with van der Waals surface area (Å²) in [5.74, 6) is -3.31.